The van der Waals surface area contributed by atoms with Crippen LogP contribution in [-0.4, -0.2) is 43.4 Å². The molecule has 2 aromatic carbocycles. The van der Waals surface area contributed by atoms with Gasteiger partial charge in [-0.15, -0.1) is 10.2 Å². The van der Waals surface area contributed by atoms with Gasteiger partial charge in [0.2, 0.25) is 5.91 Å². The lowest BCUT2D eigenvalue weighted by molar-refractivity contribution is -0.127. The minimum atomic E-state index is -0.431. The molecule has 2 heterocycles. The molecule has 33 heavy (non-hydrogen) atoms. The maximum atomic E-state index is 14.1. The number of amides is 1. The highest BCUT2D eigenvalue weighted by atomic mass is 35.5. The van der Waals surface area contributed by atoms with E-state index in [2.05, 4.69) is 15.2 Å². The summed E-state index contributed by atoms with van der Waals surface area (Å²) in [6.45, 7) is 0.645. The molecule has 6 nitrogen and oxygen atoms in total. The molecule has 0 saturated heterocycles. The first kappa shape index (κ1) is 22.9. The summed E-state index contributed by atoms with van der Waals surface area (Å²) in [5.74, 6) is 0.229. The number of halogens is 2. The summed E-state index contributed by atoms with van der Waals surface area (Å²) in [5, 5.41) is 9.62. The number of hydrogen-bond donors (Lipinski definition) is 0. The molecule has 0 N–H and O–H groups in total. The standard InChI is InChI=1S/C24H21ClFN5OS/c1-30(15-19-20(25)8-5-9-21(19)26)22(32)16-33-24-29-28-23(18-10-12-27-13-11-18)31(24)14-17-6-3-2-4-7-17/h2-13H,14-16H2,1H3. The van der Waals surface area contributed by atoms with Crippen LogP contribution in [0.3, 0.4) is 0 Å². The number of rotatable bonds is 8. The Morgan fingerprint density at radius 1 is 1.06 bits per heavy atom. The predicted molar refractivity (Wildman–Crippen MR) is 127 cm³/mol. The molecule has 0 spiro atoms. The fourth-order valence-corrected chi connectivity index (χ4v) is 4.36. The summed E-state index contributed by atoms with van der Waals surface area (Å²) in [4.78, 5) is 18.3. The molecule has 4 aromatic rings. The number of nitrogens with zero attached hydrogens (tertiary/aromatic N) is 5. The van der Waals surface area contributed by atoms with Crippen molar-refractivity contribution in [2.24, 2.45) is 0 Å². The zero-order valence-corrected chi connectivity index (χ0v) is 19.4. The molecule has 0 bridgehead atoms. The van der Waals surface area contributed by atoms with E-state index in [1.54, 1.807) is 31.6 Å². The van der Waals surface area contributed by atoms with Crippen molar-refractivity contribution in [1.82, 2.24) is 24.6 Å². The molecular formula is C24H21ClFN5OS. The van der Waals surface area contributed by atoms with E-state index >= 15 is 0 Å². The lowest BCUT2D eigenvalue weighted by Gasteiger charge is -2.18. The Morgan fingerprint density at radius 3 is 2.55 bits per heavy atom. The maximum absolute atomic E-state index is 14.1. The quantitative estimate of drug-likeness (QED) is 0.334. The Kier molecular flexibility index (Phi) is 7.36. The Bertz CT molecular complexity index is 1220. The van der Waals surface area contributed by atoms with Crippen LogP contribution in [-0.2, 0) is 17.9 Å². The minimum absolute atomic E-state index is 0.0872. The first-order chi connectivity index (χ1) is 16.0. The molecule has 0 fully saturated rings. The molecule has 0 aliphatic heterocycles. The molecule has 0 saturated carbocycles. The van der Waals surface area contributed by atoms with Gasteiger partial charge in [-0.3, -0.25) is 14.3 Å². The van der Waals surface area contributed by atoms with Crippen LogP contribution in [0.2, 0.25) is 5.02 Å². The fraction of sp³-hybridized carbons (Fsp3) is 0.167. The molecule has 0 aliphatic rings. The number of carbonyl (C=O) groups excluding carboxylic acids is 1. The first-order valence-electron chi connectivity index (χ1n) is 10.2. The molecule has 0 aliphatic carbocycles. The Balaban J connectivity index is 1.51. The van der Waals surface area contributed by atoms with Crippen molar-refractivity contribution < 1.29 is 9.18 Å². The number of thioether (sulfide) groups is 1. The van der Waals surface area contributed by atoms with Gasteiger partial charge in [-0.25, -0.2) is 4.39 Å². The monoisotopic (exact) mass is 481 g/mol. The van der Waals surface area contributed by atoms with Gasteiger partial charge in [-0.2, -0.15) is 0 Å². The third kappa shape index (κ3) is 5.58. The molecule has 0 radical (unpaired) electrons. The zero-order valence-electron chi connectivity index (χ0n) is 17.9. The van der Waals surface area contributed by atoms with Gasteiger partial charge in [0, 0.05) is 42.1 Å². The van der Waals surface area contributed by atoms with Crippen molar-refractivity contribution in [2.75, 3.05) is 12.8 Å². The highest BCUT2D eigenvalue weighted by Crippen LogP contribution is 2.26. The van der Waals surface area contributed by atoms with E-state index in [1.807, 2.05) is 47.0 Å². The average Bonchev–Trinajstić information content (AvgIpc) is 3.23. The van der Waals surface area contributed by atoms with Crippen molar-refractivity contribution in [3.63, 3.8) is 0 Å². The second-order valence-electron chi connectivity index (χ2n) is 7.35. The van der Waals surface area contributed by atoms with E-state index in [4.69, 9.17) is 11.6 Å². The molecule has 0 unspecified atom stereocenters. The van der Waals surface area contributed by atoms with E-state index < -0.39 is 5.82 Å². The number of hydrogen-bond acceptors (Lipinski definition) is 5. The molecular weight excluding hydrogens is 461 g/mol. The van der Waals surface area contributed by atoms with Gasteiger partial charge in [0.1, 0.15) is 5.82 Å². The summed E-state index contributed by atoms with van der Waals surface area (Å²) >= 11 is 7.39. The van der Waals surface area contributed by atoms with Crippen LogP contribution in [0, 0.1) is 5.82 Å². The van der Waals surface area contributed by atoms with E-state index in [1.165, 1.54) is 22.7 Å². The second-order valence-corrected chi connectivity index (χ2v) is 8.70. The lowest BCUT2D eigenvalue weighted by atomic mass is 10.2. The normalized spacial score (nSPS) is 10.9. The Morgan fingerprint density at radius 2 is 1.82 bits per heavy atom. The van der Waals surface area contributed by atoms with Crippen molar-refractivity contribution >= 4 is 29.3 Å². The van der Waals surface area contributed by atoms with Gasteiger partial charge in [-0.1, -0.05) is 59.8 Å². The highest BCUT2D eigenvalue weighted by Gasteiger charge is 2.19. The van der Waals surface area contributed by atoms with Gasteiger partial charge >= 0.3 is 0 Å². The van der Waals surface area contributed by atoms with Gasteiger partial charge in [0.15, 0.2) is 11.0 Å². The van der Waals surface area contributed by atoms with E-state index in [9.17, 15) is 9.18 Å². The topological polar surface area (TPSA) is 63.9 Å². The van der Waals surface area contributed by atoms with Gasteiger partial charge < -0.3 is 4.90 Å². The van der Waals surface area contributed by atoms with Crippen molar-refractivity contribution in [1.29, 1.82) is 0 Å². The summed E-state index contributed by atoms with van der Waals surface area (Å²) in [6, 6.07) is 18.2. The smallest absolute Gasteiger partial charge is 0.233 e. The van der Waals surface area contributed by atoms with E-state index in [0.29, 0.717) is 28.1 Å². The van der Waals surface area contributed by atoms with Crippen LogP contribution >= 0.6 is 23.4 Å². The molecule has 0 atom stereocenters. The number of aromatic nitrogens is 4. The van der Waals surface area contributed by atoms with Gasteiger partial charge in [-0.05, 0) is 29.8 Å². The van der Waals surface area contributed by atoms with Crippen molar-refractivity contribution in [3.05, 3.63) is 95.0 Å². The third-order valence-corrected chi connectivity index (χ3v) is 6.35. The largest absolute Gasteiger partial charge is 0.341 e. The second kappa shape index (κ2) is 10.6. The zero-order chi connectivity index (χ0) is 23.2. The lowest BCUT2D eigenvalue weighted by Crippen LogP contribution is -2.28. The summed E-state index contributed by atoms with van der Waals surface area (Å²) < 4.78 is 16.1. The average molecular weight is 482 g/mol. The van der Waals surface area contributed by atoms with Crippen LogP contribution in [0.5, 0.6) is 0 Å². The SMILES string of the molecule is CN(Cc1c(F)cccc1Cl)C(=O)CSc1nnc(-c2ccncc2)n1Cc1ccccc1. The number of carbonyl (C=O) groups is 1. The number of benzene rings is 2. The van der Waals surface area contributed by atoms with Crippen molar-refractivity contribution in [3.8, 4) is 11.4 Å². The van der Waals surface area contributed by atoms with Crippen LogP contribution in [0.1, 0.15) is 11.1 Å². The van der Waals surface area contributed by atoms with E-state index in [-0.39, 0.29) is 18.2 Å². The van der Waals surface area contributed by atoms with Crippen LogP contribution in [0.15, 0.2) is 78.2 Å². The van der Waals surface area contributed by atoms with Gasteiger partial charge in [0.05, 0.1) is 12.3 Å². The molecule has 1 amide bonds. The Labute approximate surface area is 200 Å². The van der Waals surface area contributed by atoms with Crippen LogP contribution in [0.25, 0.3) is 11.4 Å². The van der Waals surface area contributed by atoms with Crippen LogP contribution < -0.4 is 0 Å². The highest BCUT2D eigenvalue weighted by molar-refractivity contribution is 7.99. The fourth-order valence-electron chi connectivity index (χ4n) is 3.26. The van der Waals surface area contributed by atoms with Gasteiger partial charge in [0.25, 0.3) is 0 Å². The summed E-state index contributed by atoms with van der Waals surface area (Å²) in [7, 11) is 1.63. The molecule has 9 heteroatoms. The number of pyridine rings is 1. The third-order valence-electron chi connectivity index (χ3n) is 5.05. The Hall–Kier alpha value is -3.23. The molecule has 4 rings (SSSR count). The maximum Gasteiger partial charge on any atom is 0.233 e. The summed E-state index contributed by atoms with van der Waals surface area (Å²) in [5.41, 5.74) is 2.28. The molecule has 2 aromatic heterocycles. The first-order valence-corrected chi connectivity index (χ1v) is 11.6. The predicted octanol–water partition coefficient (Wildman–Crippen LogP) is 4.93. The van der Waals surface area contributed by atoms with Crippen LogP contribution in [0.4, 0.5) is 4.39 Å². The van der Waals surface area contributed by atoms with E-state index in [0.717, 1.165) is 11.1 Å². The summed E-state index contributed by atoms with van der Waals surface area (Å²) in [6.07, 6.45) is 3.41. The minimum Gasteiger partial charge on any atom is -0.341 e. The van der Waals surface area contributed by atoms with Crippen molar-refractivity contribution in [2.45, 2.75) is 18.2 Å². The molecule has 168 valence electrons.